The molecule has 3 aromatic carbocycles. The first-order chi connectivity index (χ1) is 18.1. The zero-order chi connectivity index (χ0) is 26.9. The Balaban J connectivity index is 1.45. The molecule has 0 bridgehead atoms. The van der Waals surface area contributed by atoms with Gasteiger partial charge >= 0.3 is 0 Å². The topological polar surface area (TPSA) is 175 Å². The quantitative estimate of drug-likeness (QED) is 0.227. The van der Waals surface area contributed by atoms with Crippen LogP contribution in [0.5, 0.6) is 0 Å². The van der Waals surface area contributed by atoms with E-state index >= 15 is 0 Å². The fraction of sp³-hybridized carbons (Fsp3) is 0.0833. The minimum atomic E-state index is -3.48. The second kappa shape index (κ2) is 9.72. The lowest BCUT2D eigenvalue weighted by molar-refractivity contribution is 0.605. The third-order valence-electron chi connectivity index (χ3n) is 5.30. The summed E-state index contributed by atoms with van der Waals surface area (Å²) in [7, 11) is -6.96. The molecule has 0 saturated carbocycles. The molecule has 194 valence electrons. The molecule has 14 heteroatoms. The number of para-hydroxylation sites is 2. The van der Waals surface area contributed by atoms with E-state index in [1.54, 1.807) is 48.5 Å². The number of aromatic amines is 2. The summed E-state index contributed by atoms with van der Waals surface area (Å²) < 4.78 is 52.0. The lowest BCUT2D eigenvalue weighted by atomic mass is 10.1. The monoisotopic (exact) mass is 550 g/mol. The molecule has 38 heavy (non-hydrogen) atoms. The van der Waals surface area contributed by atoms with Crippen molar-refractivity contribution in [2.45, 2.75) is 0 Å². The first-order valence-corrected chi connectivity index (χ1v) is 14.9. The molecule has 0 aliphatic rings. The Morgan fingerprint density at radius 1 is 0.605 bits per heavy atom. The molecule has 0 amide bonds. The summed E-state index contributed by atoms with van der Waals surface area (Å²) in [6.45, 7) is 0. The van der Waals surface area contributed by atoms with Crippen molar-refractivity contribution in [2.24, 2.45) is 0 Å². The molecular formula is C24H22N8O4S2. The average molecular weight is 551 g/mol. The first kappa shape index (κ1) is 25.1. The Bertz CT molecular complexity index is 1720. The zero-order valence-corrected chi connectivity index (χ0v) is 21.8. The van der Waals surface area contributed by atoms with Crippen LogP contribution in [0, 0.1) is 0 Å². The maximum atomic E-state index is 11.8. The highest BCUT2D eigenvalue weighted by Gasteiger charge is 2.16. The van der Waals surface area contributed by atoms with E-state index in [9.17, 15) is 16.8 Å². The van der Waals surface area contributed by atoms with Gasteiger partial charge in [-0.2, -0.15) is 10.2 Å². The van der Waals surface area contributed by atoms with Crippen LogP contribution < -0.4 is 9.44 Å². The minimum Gasteiger partial charge on any atom is -0.283 e. The molecule has 2 aromatic heterocycles. The zero-order valence-electron chi connectivity index (χ0n) is 20.2. The van der Waals surface area contributed by atoms with E-state index in [2.05, 4.69) is 39.8 Å². The number of aromatic nitrogens is 6. The molecule has 5 aromatic rings. The first-order valence-electron chi connectivity index (χ1n) is 11.2. The van der Waals surface area contributed by atoms with Gasteiger partial charge in [0.25, 0.3) is 0 Å². The van der Waals surface area contributed by atoms with E-state index in [1.807, 2.05) is 24.3 Å². The summed E-state index contributed by atoms with van der Waals surface area (Å²) in [4.78, 5) is 9.12. The molecule has 0 atom stereocenters. The van der Waals surface area contributed by atoms with Gasteiger partial charge in [-0.1, -0.05) is 42.5 Å². The summed E-state index contributed by atoms with van der Waals surface area (Å²) in [6, 6.07) is 21.0. The standard InChI is InChI=1S/C24H22N8O4S2/c1-37(33,34)31-19-12-5-3-10-17(19)23-25-21(27-29-23)15-8-7-9-16(14-15)22-26-24(30-28-22)18-11-4-6-13-20(18)32-38(2,35)36/h3-14,31-32H,1-2H3,(H,25,27,29)(H,26,28,30). The Kier molecular flexibility index (Phi) is 6.42. The molecule has 0 fully saturated rings. The van der Waals surface area contributed by atoms with Crippen molar-refractivity contribution in [3.05, 3.63) is 72.8 Å². The number of hydrogen-bond donors (Lipinski definition) is 4. The van der Waals surface area contributed by atoms with Gasteiger partial charge in [-0.05, 0) is 30.3 Å². The summed E-state index contributed by atoms with van der Waals surface area (Å²) in [5, 5.41) is 14.3. The predicted octanol–water partition coefficient (Wildman–Crippen LogP) is 3.33. The van der Waals surface area contributed by atoms with Gasteiger partial charge in [-0.3, -0.25) is 19.6 Å². The van der Waals surface area contributed by atoms with E-state index in [-0.39, 0.29) is 0 Å². The fourth-order valence-electron chi connectivity index (χ4n) is 3.78. The van der Waals surface area contributed by atoms with Gasteiger partial charge in [0.05, 0.1) is 23.9 Å². The van der Waals surface area contributed by atoms with Crippen molar-refractivity contribution in [1.82, 2.24) is 30.4 Å². The number of anilines is 2. The third-order valence-corrected chi connectivity index (χ3v) is 6.49. The Morgan fingerprint density at radius 2 is 1.03 bits per heavy atom. The molecule has 5 rings (SSSR count). The molecule has 0 aliphatic carbocycles. The molecule has 0 spiro atoms. The second-order valence-corrected chi connectivity index (χ2v) is 11.9. The lowest BCUT2D eigenvalue weighted by Crippen LogP contribution is -2.10. The van der Waals surface area contributed by atoms with Gasteiger partial charge in [-0.25, -0.2) is 26.8 Å². The van der Waals surface area contributed by atoms with Crippen LogP contribution in [0.2, 0.25) is 0 Å². The van der Waals surface area contributed by atoms with Gasteiger partial charge in [0.1, 0.15) is 0 Å². The van der Waals surface area contributed by atoms with E-state index in [0.717, 1.165) is 12.5 Å². The summed E-state index contributed by atoms with van der Waals surface area (Å²) in [6.07, 6.45) is 2.16. The largest absolute Gasteiger partial charge is 0.283 e. The molecular weight excluding hydrogens is 528 g/mol. The molecule has 0 radical (unpaired) electrons. The molecule has 2 heterocycles. The molecule has 0 saturated heterocycles. The average Bonchev–Trinajstić information content (AvgIpc) is 3.54. The maximum absolute atomic E-state index is 11.8. The van der Waals surface area contributed by atoms with E-state index in [4.69, 9.17) is 0 Å². The maximum Gasteiger partial charge on any atom is 0.229 e. The van der Waals surface area contributed by atoms with Crippen LogP contribution in [-0.2, 0) is 20.0 Å². The van der Waals surface area contributed by atoms with Crippen molar-refractivity contribution in [3.8, 4) is 45.6 Å². The molecule has 4 N–H and O–H groups in total. The van der Waals surface area contributed by atoms with Crippen LogP contribution >= 0.6 is 0 Å². The van der Waals surface area contributed by atoms with Crippen LogP contribution in [0.15, 0.2) is 72.8 Å². The number of hydrogen-bond acceptors (Lipinski definition) is 8. The van der Waals surface area contributed by atoms with Gasteiger partial charge in [0.2, 0.25) is 20.0 Å². The Labute approximate surface area is 218 Å². The predicted molar refractivity (Wildman–Crippen MR) is 145 cm³/mol. The highest BCUT2D eigenvalue weighted by Crippen LogP contribution is 2.30. The number of nitrogens with one attached hydrogen (secondary N) is 4. The Hall–Kier alpha value is -4.56. The fourth-order valence-corrected chi connectivity index (χ4v) is 4.93. The van der Waals surface area contributed by atoms with Crippen molar-refractivity contribution >= 4 is 31.4 Å². The van der Waals surface area contributed by atoms with Gasteiger partial charge < -0.3 is 0 Å². The van der Waals surface area contributed by atoms with Crippen molar-refractivity contribution in [1.29, 1.82) is 0 Å². The van der Waals surface area contributed by atoms with Crippen LogP contribution in [-0.4, -0.2) is 59.7 Å². The highest BCUT2D eigenvalue weighted by molar-refractivity contribution is 7.92. The SMILES string of the molecule is CS(=O)(=O)Nc1ccccc1-c1nc(-c2cccc(-c3n[nH]c(-c4ccccc4NS(C)(=O)=O)n3)c2)n[nH]1. The number of rotatable bonds is 8. The van der Waals surface area contributed by atoms with Crippen LogP contribution in [0.3, 0.4) is 0 Å². The number of nitrogens with zero attached hydrogens (tertiary/aromatic N) is 4. The van der Waals surface area contributed by atoms with Crippen molar-refractivity contribution in [2.75, 3.05) is 22.0 Å². The molecule has 0 unspecified atom stereocenters. The number of benzene rings is 3. The van der Waals surface area contributed by atoms with Gasteiger partial charge in [-0.15, -0.1) is 0 Å². The smallest absolute Gasteiger partial charge is 0.229 e. The Morgan fingerprint density at radius 3 is 1.45 bits per heavy atom. The van der Waals surface area contributed by atoms with Gasteiger partial charge in [0.15, 0.2) is 23.3 Å². The summed E-state index contributed by atoms with van der Waals surface area (Å²) in [5.41, 5.74) is 3.23. The third kappa shape index (κ3) is 5.71. The van der Waals surface area contributed by atoms with E-state index in [0.29, 0.717) is 56.9 Å². The molecule has 12 nitrogen and oxygen atoms in total. The van der Waals surface area contributed by atoms with Crippen molar-refractivity contribution in [3.63, 3.8) is 0 Å². The molecule has 0 aliphatic heterocycles. The van der Waals surface area contributed by atoms with Gasteiger partial charge in [0, 0.05) is 22.3 Å². The second-order valence-electron chi connectivity index (χ2n) is 8.44. The highest BCUT2D eigenvalue weighted by atomic mass is 32.2. The van der Waals surface area contributed by atoms with Crippen LogP contribution in [0.25, 0.3) is 45.6 Å². The minimum absolute atomic E-state index is 0.380. The van der Waals surface area contributed by atoms with Crippen molar-refractivity contribution < 1.29 is 16.8 Å². The normalized spacial score (nSPS) is 11.8. The van der Waals surface area contributed by atoms with Crippen LogP contribution in [0.4, 0.5) is 11.4 Å². The number of sulfonamides is 2. The lowest BCUT2D eigenvalue weighted by Gasteiger charge is -2.08. The van der Waals surface area contributed by atoms with E-state index < -0.39 is 20.0 Å². The number of H-pyrrole nitrogens is 2. The van der Waals surface area contributed by atoms with Crippen LogP contribution in [0.1, 0.15) is 0 Å². The van der Waals surface area contributed by atoms with E-state index in [1.165, 1.54) is 0 Å². The summed E-state index contributed by atoms with van der Waals surface area (Å²) in [5.74, 6) is 1.59. The summed E-state index contributed by atoms with van der Waals surface area (Å²) >= 11 is 0.